The lowest BCUT2D eigenvalue weighted by Gasteiger charge is -2.25. The Morgan fingerprint density at radius 3 is 3.00 bits per heavy atom. The number of guanidine groups is 1. The molecule has 0 amide bonds. The summed E-state index contributed by atoms with van der Waals surface area (Å²) >= 11 is 5.79. The van der Waals surface area contributed by atoms with Crippen molar-refractivity contribution in [3.05, 3.63) is 34.6 Å². The van der Waals surface area contributed by atoms with Crippen molar-refractivity contribution in [1.82, 2.24) is 10.2 Å². The lowest BCUT2D eigenvalue weighted by atomic mass is 9.94. The maximum absolute atomic E-state index is 13.8. The first-order valence-electron chi connectivity index (χ1n) is 8.13. The third-order valence-electron chi connectivity index (χ3n) is 4.37. The Morgan fingerprint density at radius 2 is 2.33 bits per heavy atom. The van der Waals surface area contributed by atoms with E-state index < -0.39 is 0 Å². The summed E-state index contributed by atoms with van der Waals surface area (Å²) in [7, 11) is 3.69. The second kappa shape index (κ2) is 8.65. The molecule has 0 saturated carbocycles. The molecule has 0 bridgehead atoms. The second-order valence-electron chi connectivity index (χ2n) is 6.37. The lowest BCUT2D eigenvalue weighted by molar-refractivity contribution is 0.179. The summed E-state index contributed by atoms with van der Waals surface area (Å²) < 4.78 is 18.9. The predicted molar refractivity (Wildman–Crippen MR) is 95.9 cm³/mol. The first-order chi connectivity index (χ1) is 11.4. The standard InChI is InChI=1S/C17H26ClFN4O/c1-11(10-24-3)22-17(20)21-9-13-6-7-23(2)16(13)12-4-5-14(18)15(19)8-12/h4-5,8,11,13,16H,6-7,9-10H2,1-3H3,(H3,20,21,22). The molecule has 1 aromatic rings. The van der Waals surface area contributed by atoms with Crippen LogP contribution in [0.1, 0.15) is 24.9 Å². The van der Waals surface area contributed by atoms with Crippen LogP contribution in [-0.4, -0.2) is 50.8 Å². The van der Waals surface area contributed by atoms with Gasteiger partial charge >= 0.3 is 0 Å². The van der Waals surface area contributed by atoms with E-state index in [1.54, 1.807) is 13.2 Å². The van der Waals surface area contributed by atoms with Gasteiger partial charge in [0.05, 0.1) is 11.6 Å². The Morgan fingerprint density at radius 1 is 1.58 bits per heavy atom. The Kier molecular flexibility index (Phi) is 6.83. The van der Waals surface area contributed by atoms with E-state index >= 15 is 0 Å². The van der Waals surface area contributed by atoms with Crippen LogP contribution < -0.4 is 11.1 Å². The fraction of sp³-hybridized carbons (Fsp3) is 0.588. The molecule has 3 unspecified atom stereocenters. The molecular weight excluding hydrogens is 331 g/mol. The number of benzene rings is 1. The summed E-state index contributed by atoms with van der Waals surface area (Å²) in [4.78, 5) is 6.68. The Labute approximate surface area is 148 Å². The quantitative estimate of drug-likeness (QED) is 0.607. The number of rotatable bonds is 6. The highest BCUT2D eigenvalue weighted by Crippen LogP contribution is 2.37. The number of nitrogens with two attached hydrogens (primary N) is 1. The monoisotopic (exact) mass is 356 g/mol. The van der Waals surface area contributed by atoms with Crippen LogP contribution in [-0.2, 0) is 4.74 Å². The summed E-state index contributed by atoms with van der Waals surface area (Å²) in [6, 6.07) is 5.24. The Balaban J connectivity index is 2.04. The first-order valence-corrected chi connectivity index (χ1v) is 8.50. The molecule has 0 aliphatic carbocycles. The smallest absolute Gasteiger partial charge is 0.188 e. The molecule has 1 fully saturated rings. The number of methoxy groups -OCH3 is 1. The molecule has 1 saturated heterocycles. The number of nitrogens with one attached hydrogen (secondary N) is 1. The minimum absolute atomic E-state index is 0.103. The first kappa shape index (κ1) is 19.0. The third kappa shape index (κ3) is 4.82. The van der Waals surface area contributed by atoms with Crippen molar-refractivity contribution in [1.29, 1.82) is 0 Å². The van der Waals surface area contributed by atoms with Gasteiger partial charge in [0, 0.05) is 25.7 Å². The van der Waals surface area contributed by atoms with Gasteiger partial charge in [0.15, 0.2) is 5.96 Å². The second-order valence-corrected chi connectivity index (χ2v) is 6.78. The van der Waals surface area contributed by atoms with E-state index in [1.807, 2.05) is 20.0 Å². The van der Waals surface area contributed by atoms with Gasteiger partial charge in [-0.2, -0.15) is 0 Å². The molecule has 3 atom stereocenters. The van der Waals surface area contributed by atoms with Crippen molar-refractivity contribution in [3.63, 3.8) is 0 Å². The summed E-state index contributed by atoms with van der Waals surface area (Å²) in [6.45, 7) is 4.09. The van der Waals surface area contributed by atoms with Crippen LogP contribution >= 0.6 is 11.6 Å². The highest BCUT2D eigenvalue weighted by Gasteiger charge is 2.33. The number of hydrogen-bond donors (Lipinski definition) is 2. The molecule has 134 valence electrons. The molecule has 7 heteroatoms. The fourth-order valence-corrected chi connectivity index (χ4v) is 3.36. The van der Waals surface area contributed by atoms with Gasteiger partial charge in [-0.15, -0.1) is 0 Å². The highest BCUT2D eigenvalue weighted by atomic mass is 35.5. The van der Waals surface area contributed by atoms with E-state index in [1.165, 1.54) is 6.07 Å². The van der Waals surface area contributed by atoms with Crippen molar-refractivity contribution >= 4 is 17.6 Å². The van der Waals surface area contributed by atoms with E-state index in [0.29, 0.717) is 19.1 Å². The Bertz CT molecular complexity index is 584. The van der Waals surface area contributed by atoms with Crippen molar-refractivity contribution in [2.24, 2.45) is 16.6 Å². The molecule has 1 aromatic carbocycles. The number of hydrogen-bond acceptors (Lipinski definition) is 3. The normalized spacial score (nSPS) is 23.5. The molecule has 1 heterocycles. The molecule has 0 radical (unpaired) electrons. The summed E-state index contributed by atoms with van der Waals surface area (Å²) in [6.07, 6.45) is 0.996. The van der Waals surface area contributed by atoms with E-state index in [4.69, 9.17) is 22.1 Å². The molecule has 3 N–H and O–H groups in total. The minimum atomic E-state index is -0.383. The van der Waals surface area contributed by atoms with Crippen LogP contribution in [0.4, 0.5) is 4.39 Å². The number of nitrogens with zero attached hydrogens (tertiary/aromatic N) is 2. The molecule has 0 aromatic heterocycles. The summed E-state index contributed by atoms with van der Waals surface area (Å²) in [5, 5.41) is 3.25. The van der Waals surface area contributed by atoms with Gasteiger partial charge in [-0.05, 0) is 50.6 Å². The van der Waals surface area contributed by atoms with Crippen LogP contribution in [0.5, 0.6) is 0 Å². The largest absolute Gasteiger partial charge is 0.383 e. The maximum Gasteiger partial charge on any atom is 0.188 e. The third-order valence-corrected chi connectivity index (χ3v) is 4.67. The van der Waals surface area contributed by atoms with Gasteiger partial charge in [0.2, 0.25) is 0 Å². The molecule has 24 heavy (non-hydrogen) atoms. The van der Waals surface area contributed by atoms with Crippen molar-refractivity contribution < 1.29 is 9.13 Å². The molecular formula is C17H26ClFN4O. The average molecular weight is 357 g/mol. The van der Waals surface area contributed by atoms with Gasteiger partial charge in [-0.3, -0.25) is 9.89 Å². The zero-order chi connectivity index (χ0) is 17.7. The van der Waals surface area contributed by atoms with Crippen LogP contribution in [0.15, 0.2) is 23.2 Å². The number of ether oxygens (including phenoxy) is 1. The summed E-state index contributed by atoms with van der Waals surface area (Å²) in [5.74, 6) is 0.315. The molecule has 2 rings (SSSR count). The van der Waals surface area contributed by atoms with Gasteiger partial charge in [0.1, 0.15) is 5.82 Å². The van der Waals surface area contributed by atoms with Crippen LogP contribution in [0.25, 0.3) is 0 Å². The van der Waals surface area contributed by atoms with Crippen LogP contribution in [0, 0.1) is 11.7 Å². The average Bonchev–Trinajstić information content (AvgIpc) is 2.89. The van der Waals surface area contributed by atoms with Crippen molar-refractivity contribution in [2.75, 3.05) is 33.9 Å². The van der Waals surface area contributed by atoms with Gasteiger partial charge in [-0.25, -0.2) is 4.39 Å². The molecule has 1 aliphatic rings. The zero-order valence-electron chi connectivity index (χ0n) is 14.4. The number of halogens is 2. The maximum atomic E-state index is 13.8. The van der Waals surface area contributed by atoms with Crippen molar-refractivity contribution in [3.8, 4) is 0 Å². The Hall–Kier alpha value is -1.37. The van der Waals surface area contributed by atoms with Crippen molar-refractivity contribution in [2.45, 2.75) is 25.4 Å². The molecule has 5 nitrogen and oxygen atoms in total. The number of likely N-dealkylation sites (tertiary alicyclic amines) is 1. The van der Waals surface area contributed by atoms with E-state index in [0.717, 1.165) is 18.5 Å². The van der Waals surface area contributed by atoms with Crippen LogP contribution in [0.2, 0.25) is 5.02 Å². The van der Waals surface area contributed by atoms with E-state index in [2.05, 4.69) is 15.2 Å². The van der Waals surface area contributed by atoms with Gasteiger partial charge in [-0.1, -0.05) is 17.7 Å². The minimum Gasteiger partial charge on any atom is -0.383 e. The number of aliphatic imine (C=N–C) groups is 1. The van der Waals surface area contributed by atoms with Gasteiger partial charge in [0.25, 0.3) is 0 Å². The SMILES string of the molecule is COCC(C)NC(N)=NCC1CCN(C)C1c1ccc(Cl)c(F)c1. The molecule has 0 spiro atoms. The highest BCUT2D eigenvalue weighted by molar-refractivity contribution is 6.30. The molecule has 1 aliphatic heterocycles. The summed E-state index contributed by atoms with van der Waals surface area (Å²) in [5.41, 5.74) is 6.87. The zero-order valence-corrected chi connectivity index (χ0v) is 15.2. The van der Waals surface area contributed by atoms with Crippen LogP contribution in [0.3, 0.4) is 0 Å². The lowest BCUT2D eigenvalue weighted by Crippen LogP contribution is -2.41. The van der Waals surface area contributed by atoms with E-state index in [9.17, 15) is 4.39 Å². The van der Waals surface area contributed by atoms with Gasteiger partial charge < -0.3 is 15.8 Å². The topological polar surface area (TPSA) is 62.9 Å². The predicted octanol–water partition coefficient (Wildman–Crippen LogP) is 2.41. The fourth-order valence-electron chi connectivity index (χ4n) is 3.25. The van der Waals surface area contributed by atoms with E-state index in [-0.39, 0.29) is 28.8 Å².